The standard InChI is InChI=1S/C21H24N6O2S/c1-16-6-5-7-18(14-16)30(28,29)27-12-10-26(11-13-27)21-15-20(23-17(2)24-21)25-19-8-3-4-9-22-19/h3-9,14-15H,10-13H2,1-2H3,(H,22,23,24,25). The van der Waals surface area contributed by atoms with E-state index in [9.17, 15) is 8.42 Å². The van der Waals surface area contributed by atoms with Crippen LogP contribution in [0.1, 0.15) is 11.4 Å². The summed E-state index contributed by atoms with van der Waals surface area (Å²) < 4.78 is 27.5. The maximum Gasteiger partial charge on any atom is 0.243 e. The molecular weight excluding hydrogens is 400 g/mol. The molecule has 1 saturated heterocycles. The van der Waals surface area contributed by atoms with Crippen LogP contribution in [0.3, 0.4) is 0 Å². The number of aromatic nitrogens is 3. The van der Waals surface area contributed by atoms with E-state index in [0.717, 1.165) is 11.4 Å². The molecule has 1 N–H and O–H groups in total. The first-order valence-electron chi connectivity index (χ1n) is 9.77. The van der Waals surface area contributed by atoms with Gasteiger partial charge in [0.25, 0.3) is 0 Å². The number of nitrogens with zero attached hydrogens (tertiary/aromatic N) is 5. The van der Waals surface area contributed by atoms with E-state index in [0.29, 0.717) is 48.5 Å². The molecule has 1 aliphatic heterocycles. The van der Waals surface area contributed by atoms with Crippen molar-refractivity contribution in [3.63, 3.8) is 0 Å². The molecule has 8 nitrogen and oxygen atoms in total. The molecule has 2 aromatic heterocycles. The monoisotopic (exact) mass is 424 g/mol. The molecule has 1 aromatic carbocycles. The van der Waals surface area contributed by atoms with Gasteiger partial charge in [-0.15, -0.1) is 0 Å². The van der Waals surface area contributed by atoms with Gasteiger partial charge in [0.15, 0.2) is 0 Å². The fourth-order valence-corrected chi connectivity index (χ4v) is 4.96. The highest BCUT2D eigenvalue weighted by Crippen LogP contribution is 2.23. The van der Waals surface area contributed by atoms with E-state index in [1.165, 1.54) is 0 Å². The molecule has 4 rings (SSSR count). The molecule has 0 unspecified atom stereocenters. The Morgan fingerprint density at radius 1 is 0.900 bits per heavy atom. The van der Waals surface area contributed by atoms with Crippen LogP contribution in [-0.2, 0) is 10.0 Å². The predicted octanol–water partition coefficient (Wildman–Crippen LogP) is 2.74. The van der Waals surface area contributed by atoms with Crippen LogP contribution in [-0.4, -0.2) is 53.9 Å². The highest BCUT2D eigenvalue weighted by Gasteiger charge is 2.29. The first kappa shape index (κ1) is 20.2. The van der Waals surface area contributed by atoms with Gasteiger partial charge in [-0.25, -0.2) is 23.4 Å². The van der Waals surface area contributed by atoms with E-state index < -0.39 is 10.0 Å². The van der Waals surface area contributed by atoms with Crippen LogP contribution in [0.15, 0.2) is 59.6 Å². The summed E-state index contributed by atoms with van der Waals surface area (Å²) in [5.41, 5.74) is 0.930. The Kier molecular flexibility index (Phi) is 5.65. The normalized spacial score (nSPS) is 15.2. The quantitative estimate of drug-likeness (QED) is 0.673. The zero-order valence-corrected chi connectivity index (χ0v) is 17.8. The SMILES string of the molecule is Cc1cccc(S(=O)(=O)N2CCN(c3cc(Nc4ccccn4)nc(C)n3)CC2)c1. The fourth-order valence-electron chi connectivity index (χ4n) is 3.43. The van der Waals surface area contributed by atoms with Crippen molar-refractivity contribution in [3.05, 3.63) is 66.1 Å². The number of nitrogens with one attached hydrogen (secondary N) is 1. The smallest absolute Gasteiger partial charge is 0.243 e. The van der Waals surface area contributed by atoms with Crippen LogP contribution in [0.4, 0.5) is 17.5 Å². The van der Waals surface area contributed by atoms with Crippen LogP contribution in [0.25, 0.3) is 0 Å². The summed E-state index contributed by atoms with van der Waals surface area (Å²) in [5, 5.41) is 3.19. The number of aryl methyl sites for hydroxylation is 2. The van der Waals surface area contributed by atoms with Crippen LogP contribution >= 0.6 is 0 Å². The number of hydrogen-bond acceptors (Lipinski definition) is 7. The maximum atomic E-state index is 13.0. The summed E-state index contributed by atoms with van der Waals surface area (Å²) in [7, 11) is -3.49. The van der Waals surface area contributed by atoms with Gasteiger partial charge in [0.05, 0.1) is 4.90 Å². The molecule has 0 spiro atoms. The lowest BCUT2D eigenvalue weighted by Gasteiger charge is -2.34. The van der Waals surface area contributed by atoms with Crippen molar-refractivity contribution >= 4 is 27.5 Å². The first-order valence-corrected chi connectivity index (χ1v) is 11.2. The summed E-state index contributed by atoms with van der Waals surface area (Å²) in [4.78, 5) is 15.7. The van der Waals surface area contributed by atoms with Crippen LogP contribution in [0.5, 0.6) is 0 Å². The largest absolute Gasteiger partial charge is 0.354 e. The molecule has 3 heterocycles. The van der Waals surface area contributed by atoms with Gasteiger partial charge in [-0.05, 0) is 43.7 Å². The summed E-state index contributed by atoms with van der Waals surface area (Å²) in [6.45, 7) is 5.66. The summed E-state index contributed by atoms with van der Waals surface area (Å²) in [5.74, 6) is 2.77. The second kappa shape index (κ2) is 8.37. The number of piperazine rings is 1. The lowest BCUT2D eigenvalue weighted by Crippen LogP contribution is -2.49. The average molecular weight is 425 g/mol. The zero-order valence-electron chi connectivity index (χ0n) is 17.0. The lowest BCUT2D eigenvalue weighted by molar-refractivity contribution is 0.383. The molecule has 0 aliphatic carbocycles. The van der Waals surface area contributed by atoms with Crippen molar-refractivity contribution in [3.8, 4) is 0 Å². The zero-order chi connectivity index (χ0) is 21.1. The molecule has 156 valence electrons. The van der Waals surface area contributed by atoms with Crippen molar-refractivity contribution in [1.29, 1.82) is 0 Å². The maximum absolute atomic E-state index is 13.0. The van der Waals surface area contributed by atoms with E-state index in [2.05, 4.69) is 25.2 Å². The van der Waals surface area contributed by atoms with Gasteiger partial charge in [-0.2, -0.15) is 4.31 Å². The number of anilines is 3. The third-order valence-electron chi connectivity index (χ3n) is 4.94. The van der Waals surface area contributed by atoms with E-state index in [-0.39, 0.29) is 0 Å². The molecular formula is C21H24N6O2S. The van der Waals surface area contributed by atoms with Gasteiger partial charge in [-0.3, -0.25) is 0 Å². The summed E-state index contributed by atoms with van der Waals surface area (Å²) in [6, 6.07) is 14.5. The number of sulfonamides is 1. The first-order chi connectivity index (χ1) is 14.4. The van der Waals surface area contributed by atoms with Gasteiger partial charge in [-0.1, -0.05) is 18.2 Å². The molecule has 0 radical (unpaired) electrons. The van der Waals surface area contributed by atoms with E-state index in [4.69, 9.17) is 0 Å². The molecule has 0 atom stereocenters. The minimum Gasteiger partial charge on any atom is -0.354 e. The highest BCUT2D eigenvalue weighted by atomic mass is 32.2. The third-order valence-corrected chi connectivity index (χ3v) is 6.83. The molecule has 30 heavy (non-hydrogen) atoms. The van der Waals surface area contributed by atoms with Crippen molar-refractivity contribution in [2.75, 3.05) is 36.4 Å². The number of hydrogen-bond donors (Lipinski definition) is 1. The van der Waals surface area contributed by atoms with Crippen molar-refractivity contribution in [2.45, 2.75) is 18.7 Å². The average Bonchev–Trinajstić information content (AvgIpc) is 2.74. The Bertz CT molecular complexity index is 1130. The summed E-state index contributed by atoms with van der Waals surface area (Å²) in [6.07, 6.45) is 1.71. The minimum absolute atomic E-state index is 0.343. The lowest BCUT2D eigenvalue weighted by atomic mass is 10.2. The number of benzene rings is 1. The third kappa shape index (κ3) is 4.42. The van der Waals surface area contributed by atoms with Gasteiger partial charge in [0, 0.05) is 38.4 Å². The molecule has 1 fully saturated rings. The Labute approximate surface area is 176 Å². The second-order valence-corrected chi connectivity index (χ2v) is 9.14. The van der Waals surface area contributed by atoms with Crippen LogP contribution in [0, 0.1) is 13.8 Å². The molecule has 0 bridgehead atoms. The Morgan fingerprint density at radius 2 is 1.70 bits per heavy atom. The van der Waals surface area contributed by atoms with Crippen molar-refractivity contribution in [1.82, 2.24) is 19.3 Å². The van der Waals surface area contributed by atoms with E-state index in [1.54, 1.807) is 28.7 Å². The van der Waals surface area contributed by atoms with Crippen LogP contribution < -0.4 is 10.2 Å². The van der Waals surface area contributed by atoms with Crippen molar-refractivity contribution < 1.29 is 8.42 Å². The Hall–Kier alpha value is -3.04. The number of rotatable bonds is 5. The molecule has 3 aromatic rings. The Balaban J connectivity index is 1.47. The molecule has 9 heteroatoms. The minimum atomic E-state index is -3.49. The van der Waals surface area contributed by atoms with Gasteiger partial charge >= 0.3 is 0 Å². The topological polar surface area (TPSA) is 91.3 Å². The van der Waals surface area contributed by atoms with E-state index in [1.807, 2.05) is 44.2 Å². The number of pyridine rings is 1. The van der Waals surface area contributed by atoms with Gasteiger partial charge in [0.2, 0.25) is 10.0 Å². The molecule has 0 amide bonds. The predicted molar refractivity (Wildman–Crippen MR) is 116 cm³/mol. The Morgan fingerprint density at radius 3 is 2.40 bits per heavy atom. The highest BCUT2D eigenvalue weighted by molar-refractivity contribution is 7.89. The van der Waals surface area contributed by atoms with Gasteiger partial charge in [0.1, 0.15) is 23.3 Å². The summed E-state index contributed by atoms with van der Waals surface area (Å²) >= 11 is 0. The van der Waals surface area contributed by atoms with Crippen LogP contribution in [0.2, 0.25) is 0 Å². The van der Waals surface area contributed by atoms with E-state index >= 15 is 0 Å². The second-order valence-electron chi connectivity index (χ2n) is 7.21. The molecule has 1 aliphatic rings. The van der Waals surface area contributed by atoms with Gasteiger partial charge < -0.3 is 10.2 Å². The fraction of sp³-hybridized carbons (Fsp3) is 0.286. The molecule has 0 saturated carbocycles. The van der Waals surface area contributed by atoms with Crippen molar-refractivity contribution in [2.24, 2.45) is 0 Å².